The van der Waals surface area contributed by atoms with Crippen molar-refractivity contribution in [2.45, 2.75) is 19.9 Å². The molecule has 1 aromatic rings. The minimum atomic E-state index is -0.867. The molecule has 1 fully saturated rings. The number of carbonyl (C=O) groups is 3. The third-order valence-electron chi connectivity index (χ3n) is 3.57. The van der Waals surface area contributed by atoms with Gasteiger partial charge in [-0.3, -0.25) is 9.59 Å². The van der Waals surface area contributed by atoms with Crippen LogP contribution in [0.2, 0.25) is 0 Å². The van der Waals surface area contributed by atoms with Crippen LogP contribution in [0.15, 0.2) is 35.5 Å². The summed E-state index contributed by atoms with van der Waals surface area (Å²) in [6.07, 6.45) is 0. The number of rotatable bonds is 3. The van der Waals surface area contributed by atoms with Crippen LogP contribution in [0.4, 0.5) is 5.69 Å². The maximum atomic E-state index is 12.6. The normalized spacial score (nSPS) is 20.3. The highest BCUT2D eigenvalue weighted by Gasteiger charge is 2.50. The van der Waals surface area contributed by atoms with E-state index in [0.717, 1.165) is 10.5 Å². The maximum absolute atomic E-state index is 12.6. The first-order valence-electron chi connectivity index (χ1n) is 6.92. The molecular weight excluding hydrogens is 286 g/mol. The Bertz CT molecular complexity index is 693. The van der Waals surface area contributed by atoms with Crippen LogP contribution in [0.1, 0.15) is 12.5 Å². The van der Waals surface area contributed by atoms with E-state index in [1.807, 2.05) is 19.1 Å². The van der Waals surface area contributed by atoms with Crippen molar-refractivity contribution in [1.82, 2.24) is 10.9 Å². The first kappa shape index (κ1) is 14.3. The molecular formula is C15H15N3O4. The van der Waals surface area contributed by atoms with Crippen LogP contribution in [-0.4, -0.2) is 30.4 Å². The van der Waals surface area contributed by atoms with Crippen molar-refractivity contribution in [3.8, 4) is 0 Å². The number of aryl methyl sites for hydroxylation is 1. The molecule has 1 saturated heterocycles. The molecule has 22 heavy (non-hydrogen) atoms. The molecule has 114 valence electrons. The van der Waals surface area contributed by atoms with Crippen molar-refractivity contribution in [1.29, 1.82) is 0 Å². The summed E-state index contributed by atoms with van der Waals surface area (Å²) >= 11 is 0. The van der Waals surface area contributed by atoms with Crippen LogP contribution in [0.5, 0.6) is 0 Å². The van der Waals surface area contributed by atoms with Crippen molar-refractivity contribution < 1.29 is 19.1 Å². The fourth-order valence-corrected chi connectivity index (χ4v) is 2.50. The van der Waals surface area contributed by atoms with Crippen molar-refractivity contribution >= 4 is 23.5 Å². The molecule has 0 aliphatic carbocycles. The van der Waals surface area contributed by atoms with Crippen molar-refractivity contribution in [3.05, 3.63) is 41.1 Å². The van der Waals surface area contributed by atoms with Gasteiger partial charge in [-0.05, 0) is 26.0 Å². The molecule has 1 aromatic carbocycles. The second-order valence-corrected chi connectivity index (χ2v) is 5.03. The summed E-state index contributed by atoms with van der Waals surface area (Å²) in [4.78, 5) is 37.9. The Morgan fingerprint density at radius 3 is 2.59 bits per heavy atom. The summed E-state index contributed by atoms with van der Waals surface area (Å²) in [5, 5.41) is 0. The highest BCUT2D eigenvalue weighted by Crippen LogP contribution is 2.30. The minimum Gasteiger partial charge on any atom is -0.461 e. The topological polar surface area (TPSA) is 87.7 Å². The van der Waals surface area contributed by atoms with Crippen LogP contribution >= 0.6 is 0 Å². The van der Waals surface area contributed by atoms with Gasteiger partial charge in [-0.25, -0.2) is 15.1 Å². The zero-order valence-corrected chi connectivity index (χ0v) is 12.2. The fraction of sp³-hybridized carbons (Fsp3) is 0.267. The second-order valence-electron chi connectivity index (χ2n) is 5.03. The predicted octanol–water partition coefficient (Wildman–Crippen LogP) is 0.162. The van der Waals surface area contributed by atoms with Crippen LogP contribution in [-0.2, 0) is 19.1 Å². The van der Waals surface area contributed by atoms with Gasteiger partial charge in [-0.1, -0.05) is 17.7 Å². The van der Waals surface area contributed by atoms with Gasteiger partial charge in [0.25, 0.3) is 11.8 Å². The standard InChI is InChI=1S/C15H15N3O4/c1-3-22-15(21)12-10-11(16-17-12)14(20)18(13(10)19)9-6-4-8(2)5-7-9/h4-7,11,16-17H,3H2,1-2H3/t11-/m1/s1. The Kier molecular flexibility index (Phi) is 3.42. The van der Waals surface area contributed by atoms with Crippen LogP contribution in [0.3, 0.4) is 0 Å². The fourth-order valence-electron chi connectivity index (χ4n) is 2.50. The van der Waals surface area contributed by atoms with E-state index in [1.165, 1.54) is 0 Å². The Morgan fingerprint density at radius 1 is 1.27 bits per heavy atom. The molecule has 0 saturated carbocycles. The van der Waals surface area contributed by atoms with Gasteiger partial charge in [0, 0.05) is 0 Å². The number of imide groups is 1. The van der Waals surface area contributed by atoms with Gasteiger partial charge in [-0.15, -0.1) is 0 Å². The Morgan fingerprint density at radius 2 is 1.95 bits per heavy atom. The lowest BCUT2D eigenvalue weighted by atomic mass is 10.1. The van der Waals surface area contributed by atoms with Gasteiger partial charge >= 0.3 is 5.97 Å². The molecule has 2 amide bonds. The number of amides is 2. The van der Waals surface area contributed by atoms with Gasteiger partial charge in [-0.2, -0.15) is 0 Å². The molecule has 0 aromatic heterocycles. The first-order chi connectivity index (χ1) is 10.5. The zero-order chi connectivity index (χ0) is 15.9. The molecule has 7 heteroatoms. The average molecular weight is 301 g/mol. The number of nitrogens with zero attached hydrogens (tertiary/aromatic N) is 1. The van der Waals surface area contributed by atoms with Gasteiger partial charge in [0.15, 0.2) is 0 Å². The number of hydrogen-bond acceptors (Lipinski definition) is 6. The molecule has 0 bridgehead atoms. The van der Waals surface area contributed by atoms with E-state index in [9.17, 15) is 14.4 Å². The van der Waals surface area contributed by atoms with Crippen LogP contribution in [0, 0.1) is 6.92 Å². The molecule has 2 aliphatic heterocycles. The zero-order valence-electron chi connectivity index (χ0n) is 12.2. The molecule has 0 spiro atoms. The Hall–Kier alpha value is -2.67. The summed E-state index contributed by atoms with van der Waals surface area (Å²) in [6, 6.07) is 6.16. The molecule has 2 N–H and O–H groups in total. The molecule has 7 nitrogen and oxygen atoms in total. The summed E-state index contributed by atoms with van der Waals surface area (Å²) in [5.74, 6) is -1.59. The van der Waals surface area contributed by atoms with Crippen molar-refractivity contribution in [2.24, 2.45) is 0 Å². The molecule has 1 atom stereocenters. The van der Waals surface area contributed by atoms with Gasteiger partial charge in [0.1, 0.15) is 11.7 Å². The molecule has 0 unspecified atom stereocenters. The SMILES string of the molecule is CCOC(=O)C1=C2C(=O)N(c3ccc(C)cc3)C(=O)[C@@H]2NN1. The van der Waals surface area contributed by atoms with Crippen molar-refractivity contribution in [3.63, 3.8) is 0 Å². The number of anilines is 1. The number of nitrogens with one attached hydrogen (secondary N) is 2. The number of esters is 1. The van der Waals surface area contributed by atoms with Gasteiger partial charge in [0.2, 0.25) is 0 Å². The van der Waals surface area contributed by atoms with E-state index < -0.39 is 23.8 Å². The lowest BCUT2D eigenvalue weighted by Gasteiger charge is -2.16. The minimum absolute atomic E-state index is 0.000174. The number of hydrazine groups is 1. The van der Waals surface area contributed by atoms with E-state index in [1.54, 1.807) is 19.1 Å². The molecule has 0 radical (unpaired) electrons. The number of fused-ring (bicyclic) bond motifs is 1. The Labute approximate surface area is 126 Å². The molecule has 2 aliphatic rings. The Balaban J connectivity index is 1.99. The quantitative estimate of drug-likeness (QED) is 0.611. The largest absolute Gasteiger partial charge is 0.461 e. The summed E-state index contributed by atoms with van der Waals surface area (Å²) in [7, 11) is 0. The lowest BCUT2D eigenvalue weighted by Crippen LogP contribution is -2.42. The number of carbonyl (C=O) groups excluding carboxylic acids is 3. The molecule has 3 rings (SSSR count). The summed E-state index contributed by atoms with van der Waals surface area (Å²) in [5.41, 5.74) is 6.84. The smallest absolute Gasteiger partial charge is 0.356 e. The highest BCUT2D eigenvalue weighted by molar-refractivity contribution is 6.32. The summed E-state index contributed by atoms with van der Waals surface area (Å²) < 4.78 is 4.89. The van der Waals surface area contributed by atoms with Crippen LogP contribution < -0.4 is 15.8 Å². The lowest BCUT2D eigenvalue weighted by molar-refractivity contribution is -0.139. The van der Waals surface area contributed by atoms with Crippen LogP contribution in [0.25, 0.3) is 0 Å². The third kappa shape index (κ3) is 2.06. The first-order valence-corrected chi connectivity index (χ1v) is 6.92. The van der Waals surface area contributed by atoms with E-state index in [4.69, 9.17) is 4.74 Å². The number of hydrogen-bond donors (Lipinski definition) is 2. The third-order valence-corrected chi connectivity index (χ3v) is 3.57. The van der Waals surface area contributed by atoms with E-state index in [2.05, 4.69) is 10.9 Å². The second kappa shape index (κ2) is 5.27. The highest BCUT2D eigenvalue weighted by atomic mass is 16.5. The monoisotopic (exact) mass is 301 g/mol. The maximum Gasteiger partial charge on any atom is 0.356 e. The van der Waals surface area contributed by atoms with E-state index >= 15 is 0 Å². The van der Waals surface area contributed by atoms with Crippen molar-refractivity contribution in [2.75, 3.05) is 11.5 Å². The van der Waals surface area contributed by atoms with Gasteiger partial charge < -0.3 is 10.2 Å². The summed E-state index contributed by atoms with van der Waals surface area (Å²) in [6.45, 7) is 3.77. The van der Waals surface area contributed by atoms with E-state index in [-0.39, 0.29) is 17.9 Å². The number of ether oxygens (including phenoxy) is 1. The van der Waals surface area contributed by atoms with E-state index in [0.29, 0.717) is 5.69 Å². The van der Waals surface area contributed by atoms with Gasteiger partial charge in [0.05, 0.1) is 17.9 Å². The molecule has 2 heterocycles. The average Bonchev–Trinajstić information content (AvgIpc) is 3.03. The number of benzene rings is 1. The predicted molar refractivity (Wildman–Crippen MR) is 77.4 cm³/mol.